The monoisotopic (exact) mass is 230 g/mol. The van der Waals surface area contributed by atoms with Gasteiger partial charge < -0.3 is 10.6 Å². The minimum atomic E-state index is -0.101. The van der Waals surface area contributed by atoms with Crippen LogP contribution in [0.4, 0.5) is 10.5 Å². The Labute approximate surface area is 102 Å². The van der Waals surface area contributed by atoms with Crippen LogP contribution in [0.3, 0.4) is 0 Å². The van der Waals surface area contributed by atoms with Crippen LogP contribution >= 0.6 is 0 Å². The molecule has 0 bridgehead atoms. The van der Waals surface area contributed by atoms with E-state index in [1.54, 1.807) is 0 Å². The van der Waals surface area contributed by atoms with E-state index >= 15 is 0 Å². The number of anilines is 1. The number of hydrogen-bond acceptors (Lipinski definition) is 1. The minimum absolute atomic E-state index is 0.101. The Hall–Kier alpha value is -1.77. The molecule has 1 heterocycles. The summed E-state index contributed by atoms with van der Waals surface area (Å²) in [7, 11) is 0. The molecule has 0 saturated carbocycles. The first kappa shape index (κ1) is 11.7. The van der Waals surface area contributed by atoms with Crippen LogP contribution in [0.1, 0.15) is 30.4 Å². The molecular formula is C14H18N2O. The van der Waals surface area contributed by atoms with E-state index in [4.69, 9.17) is 0 Å². The molecule has 3 nitrogen and oxygen atoms in total. The van der Waals surface area contributed by atoms with Crippen LogP contribution in [0.5, 0.6) is 0 Å². The van der Waals surface area contributed by atoms with E-state index < -0.39 is 0 Å². The van der Waals surface area contributed by atoms with Gasteiger partial charge in [-0.15, -0.1) is 6.58 Å². The van der Waals surface area contributed by atoms with Crippen molar-refractivity contribution in [1.82, 2.24) is 5.32 Å². The third kappa shape index (κ3) is 2.87. The van der Waals surface area contributed by atoms with Crippen molar-refractivity contribution in [3.63, 3.8) is 0 Å². The van der Waals surface area contributed by atoms with Gasteiger partial charge in [-0.3, -0.25) is 0 Å². The summed E-state index contributed by atoms with van der Waals surface area (Å²) in [6.07, 6.45) is 6.30. The zero-order valence-corrected chi connectivity index (χ0v) is 9.96. The lowest BCUT2D eigenvalue weighted by molar-refractivity contribution is 0.251. The fourth-order valence-corrected chi connectivity index (χ4v) is 2.11. The molecule has 2 rings (SSSR count). The predicted octanol–water partition coefficient (Wildman–Crippen LogP) is 3.22. The van der Waals surface area contributed by atoms with Crippen molar-refractivity contribution in [2.75, 3.05) is 5.32 Å². The van der Waals surface area contributed by atoms with E-state index in [-0.39, 0.29) is 6.03 Å². The molecule has 2 N–H and O–H groups in total. The molecule has 0 aliphatic carbocycles. The second-order valence-electron chi connectivity index (χ2n) is 4.29. The van der Waals surface area contributed by atoms with Gasteiger partial charge in [0.05, 0.1) is 5.69 Å². The van der Waals surface area contributed by atoms with Gasteiger partial charge in [-0.05, 0) is 36.8 Å². The summed E-state index contributed by atoms with van der Waals surface area (Å²) < 4.78 is 0. The number of fused-ring (bicyclic) bond motifs is 1. The minimum Gasteiger partial charge on any atom is -0.334 e. The van der Waals surface area contributed by atoms with Gasteiger partial charge in [0.2, 0.25) is 0 Å². The SMILES string of the molecule is C=CCCCCc1cccc2c1NC(=O)NC2. The molecule has 0 spiro atoms. The number of unbranched alkanes of at least 4 members (excludes halogenated alkanes) is 2. The maximum Gasteiger partial charge on any atom is 0.319 e. The van der Waals surface area contributed by atoms with Crippen molar-refractivity contribution in [1.29, 1.82) is 0 Å². The topological polar surface area (TPSA) is 41.1 Å². The average molecular weight is 230 g/mol. The lowest BCUT2D eigenvalue weighted by Crippen LogP contribution is -2.33. The highest BCUT2D eigenvalue weighted by Gasteiger charge is 2.16. The highest BCUT2D eigenvalue weighted by atomic mass is 16.2. The third-order valence-electron chi connectivity index (χ3n) is 3.02. The average Bonchev–Trinajstić information content (AvgIpc) is 2.35. The summed E-state index contributed by atoms with van der Waals surface area (Å²) in [5.41, 5.74) is 3.42. The fraction of sp³-hybridized carbons (Fsp3) is 0.357. The number of para-hydroxylation sites is 1. The molecule has 0 saturated heterocycles. The van der Waals surface area contributed by atoms with Gasteiger partial charge in [0, 0.05) is 6.54 Å². The largest absolute Gasteiger partial charge is 0.334 e. The van der Waals surface area contributed by atoms with Crippen LogP contribution in [0.25, 0.3) is 0 Å². The van der Waals surface area contributed by atoms with Crippen molar-refractivity contribution in [3.05, 3.63) is 42.0 Å². The molecule has 0 aromatic heterocycles. The predicted molar refractivity (Wildman–Crippen MR) is 70.1 cm³/mol. The van der Waals surface area contributed by atoms with E-state index in [9.17, 15) is 4.79 Å². The maximum absolute atomic E-state index is 11.3. The number of hydrogen-bond donors (Lipinski definition) is 2. The lowest BCUT2D eigenvalue weighted by atomic mass is 10.0. The van der Waals surface area contributed by atoms with E-state index in [1.165, 1.54) is 11.1 Å². The summed E-state index contributed by atoms with van der Waals surface area (Å²) in [6, 6.07) is 6.10. The number of rotatable bonds is 5. The summed E-state index contributed by atoms with van der Waals surface area (Å²) in [5.74, 6) is 0. The van der Waals surface area contributed by atoms with Gasteiger partial charge in [0.15, 0.2) is 0 Å². The Balaban J connectivity index is 2.06. The maximum atomic E-state index is 11.3. The number of urea groups is 1. The zero-order valence-electron chi connectivity index (χ0n) is 9.96. The van der Waals surface area contributed by atoms with Crippen LogP contribution in [0.2, 0.25) is 0 Å². The first-order valence-electron chi connectivity index (χ1n) is 6.08. The summed E-state index contributed by atoms with van der Waals surface area (Å²) in [6.45, 7) is 4.35. The van der Waals surface area contributed by atoms with Crippen molar-refractivity contribution in [2.24, 2.45) is 0 Å². The Morgan fingerprint density at radius 1 is 1.35 bits per heavy atom. The van der Waals surface area contributed by atoms with Crippen LogP contribution in [0.15, 0.2) is 30.9 Å². The van der Waals surface area contributed by atoms with Crippen LogP contribution in [-0.2, 0) is 13.0 Å². The number of benzene rings is 1. The van der Waals surface area contributed by atoms with Gasteiger partial charge in [0.1, 0.15) is 0 Å². The van der Waals surface area contributed by atoms with Crippen LogP contribution in [0, 0.1) is 0 Å². The number of aryl methyl sites for hydroxylation is 1. The molecule has 1 aliphatic rings. The standard InChI is InChI=1S/C14H18N2O/c1-2-3-4-5-7-11-8-6-9-12-10-15-14(17)16-13(11)12/h2,6,8-9H,1,3-5,7,10H2,(H2,15,16,17). The van der Waals surface area contributed by atoms with Crippen molar-refractivity contribution in [2.45, 2.75) is 32.2 Å². The molecule has 0 unspecified atom stereocenters. The zero-order chi connectivity index (χ0) is 12.1. The molecule has 1 aromatic carbocycles. The van der Waals surface area contributed by atoms with Crippen molar-refractivity contribution in [3.8, 4) is 0 Å². The normalized spacial score (nSPS) is 13.5. The Bertz CT molecular complexity index is 426. The van der Waals surface area contributed by atoms with Crippen LogP contribution < -0.4 is 10.6 Å². The molecule has 0 atom stereocenters. The van der Waals surface area contributed by atoms with Crippen molar-refractivity contribution < 1.29 is 4.79 Å². The van der Waals surface area contributed by atoms with Gasteiger partial charge in [-0.25, -0.2) is 4.79 Å². The second-order valence-corrected chi connectivity index (χ2v) is 4.29. The molecular weight excluding hydrogens is 212 g/mol. The molecule has 17 heavy (non-hydrogen) atoms. The van der Waals surface area contributed by atoms with Gasteiger partial charge in [-0.2, -0.15) is 0 Å². The van der Waals surface area contributed by atoms with Gasteiger partial charge in [-0.1, -0.05) is 24.3 Å². The van der Waals surface area contributed by atoms with E-state index in [2.05, 4.69) is 35.4 Å². The second kappa shape index (κ2) is 5.53. The molecule has 90 valence electrons. The van der Waals surface area contributed by atoms with E-state index in [1.807, 2.05) is 6.08 Å². The Morgan fingerprint density at radius 2 is 2.24 bits per heavy atom. The smallest absolute Gasteiger partial charge is 0.319 e. The summed E-state index contributed by atoms with van der Waals surface area (Å²) in [4.78, 5) is 11.3. The third-order valence-corrected chi connectivity index (χ3v) is 3.02. The van der Waals surface area contributed by atoms with E-state index in [0.717, 1.165) is 31.4 Å². The first-order chi connectivity index (χ1) is 8.31. The first-order valence-corrected chi connectivity index (χ1v) is 6.08. The van der Waals surface area contributed by atoms with Crippen LogP contribution in [-0.4, -0.2) is 6.03 Å². The summed E-state index contributed by atoms with van der Waals surface area (Å²) in [5, 5.41) is 5.68. The van der Waals surface area contributed by atoms with Gasteiger partial charge >= 0.3 is 6.03 Å². The molecule has 1 aliphatic heterocycles. The number of carbonyl (C=O) groups excluding carboxylic acids is 1. The molecule has 0 fully saturated rings. The quantitative estimate of drug-likeness (QED) is 0.592. The Morgan fingerprint density at radius 3 is 3.06 bits per heavy atom. The fourth-order valence-electron chi connectivity index (χ4n) is 2.11. The van der Waals surface area contributed by atoms with E-state index in [0.29, 0.717) is 6.54 Å². The molecule has 0 radical (unpaired) electrons. The molecule has 2 amide bonds. The van der Waals surface area contributed by atoms with Crippen molar-refractivity contribution >= 4 is 11.7 Å². The number of nitrogens with one attached hydrogen (secondary N) is 2. The Kier molecular flexibility index (Phi) is 3.81. The summed E-state index contributed by atoms with van der Waals surface area (Å²) >= 11 is 0. The lowest BCUT2D eigenvalue weighted by Gasteiger charge is -2.21. The number of carbonyl (C=O) groups is 1. The number of amides is 2. The highest BCUT2D eigenvalue weighted by molar-refractivity contribution is 5.93. The highest BCUT2D eigenvalue weighted by Crippen LogP contribution is 2.25. The molecule has 3 heteroatoms. The number of allylic oxidation sites excluding steroid dienone is 1. The molecule has 1 aromatic rings. The van der Waals surface area contributed by atoms with Gasteiger partial charge in [0.25, 0.3) is 0 Å².